The number of rotatable bonds is 4. The number of aliphatic hydroxyl groups excluding tert-OH is 1. The van der Waals surface area contributed by atoms with E-state index in [9.17, 15) is 15.0 Å². The fourth-order valence-electron chi connectivity index (χ4n) is 1.65. The van der Waals surface area contributed by atoms with E-state index < -0.39 is 0 Å². The van der Waals surface area contributed by atoms with Crippen molar-refractivity contribution in [1.82, 2.24) is 9.88 Å². The molecule has 0 bridgehead atoms. The summed E-state index contributed by atoms with van der Waals surface area (Å²) < 4.78 is 0. The minimum absolute atomic E-state index is 0.0221. The molecule has 0 aromatic carbocycles. The van der Waals surface area contributed by atoms with Gasteiger partial charge in [-0.2, -0.15) is 0 Å². The predicted octanol–water partition coefficient (Wildman–Crippen LogP) is 1.12. The van der Waals surface area contributed by atoms with Gasteiger partial charge in [0.25, 0.3) is 0 Å². The van der Waals surface area contributed by atoms with E-state index in [1.807, 2.05) is 0 Å². The summed E-state index contributed by atoms with van der Waals surface area (Å²) >= 11 is 0. The van der Waals surface area contributed by atoms with Gasteiger partial charge < -0.3 is 15.1 Å². The summed E-state index contributed by atoms with van der Waals surface area (Å²) in [4.78, 5) is 17.2. The van der Waals surface area contributed by atoms with Gasteiger partial charge in [0.1, 0.15) is 5.75 Å². The van der Waals surface area contributed by atoms with Crippen molar-refractivity contribution >= 4 is 5.91 Å². The topological polar surface area (TPSA) is 73.7 Å². The van der Waals surface area contributed by atoms with Gasteiger partial charge in [-0.1, -0.05) is 6.58 Å². The first-order chi connectivity index (χ1) is 8.38. The molecule has 1 heterocycles. The number of pyridine rings is 1. The number of hydrogen-bond donors (Lipinski definition) is 2. The van der Waals surface area contributed by atoms with E-state index in [1.165, 1.54) is 4.90 Å². The molecular weight excluding hydrogens is 232 g/mol. The molecule has 0 radical (unpaired) electrons. The third-order valence-corrected chi connectivity index (χ3v) is 2.71. The number of amides is 1. The summed E-state index contributed by atoms with van der Waals surface area (Å²) in [7, 11) is 1.63. The van der Waals surface area contributed by atoms with Crippen molar-refractivity contribution in [2.45, 2.75) is 27.0 Å². The van der Waals surface area contributed by atoms with Crippen LogP contribution in [0.25, 0.3) is 0 Å². The highest BCUT2D eigenvalue weighted by Gasteiger charge is 2.15. The zero-order valence-electron chi connectivity index (χ0n) is 10.9. The summed E-state index contributed by atoms with van der Waals surface area (Å²) in [5.41, 5.74) is 1.92. The molecule has 0 fully saturated rings. The number of aliphatic hydroxyl groups is 1. The Morgan fingerprint density at radius 2 is 2.17 bits per heavy atom. The quantitative estimate of drug-likeness (QED) is 0.785. The highest BCUT2D eigenvalue weighted by Crippen LogP contribution is 2.24. The van der Waals surface area contributed by atoms with Crippen LogP contribution in [0.15, 0.2) is 18.3 Å². The summed E-state index contributed by atoms with van der Waals surface area (Å²) in [5, 5.41) is 19.1. The highest BCUT2D eigenvalue weighted by atomic mass is 16.3. The number of hydrogen-bond acceptors (Lipinski definition) is 4. The normalized spacial score (nSPS) is 10.2. The molecule has 1 aromatic heterocycles. The molecule has 0 saturated carbocycles. The zero-order chi connectivity index (χ0) is 13.9. The zero-order valence-corrected chi connectivity index (χ0v) is 10.9. The monoisotopic (exact) mass is 250 g/mol. The molecule has 18 heavy (non-hydrogen) atoms. The molecule has 0 atom stereocenters. The van der Waals surface area contributed by atoms with Gasteiger partial charge in [-0.3, -0.25) is 9.78 Å². The van der Waals surface area contributed by atoms with Crippen LogP contribution in [0.4, 0.5) is 0 Å². The van der Waals surface area contributed by atoms with Crippen LogP contribution in [0, 0.1) is 6.92 Å². The number of likely N-dealkylation sites (N-methyl/N-ethyl adjacent to an activating group) is 1. The van der Waals surface area contributed by atoms with Crippen LogP contribution in [-0.2, 0) is 17.9 Å². The Morgan fingerprint density at radius 1 is 1.56 bits per heavy atom. The molecule has 0 aliphatic carbocycles. The molecule has 98 valence electrons. The second-order valence-corrected chi connectivity index (χ2v) is 4.30. The lowest BCUT2D eigenvalue weighted by atomic mass is 10.1. The van der Waals surface area contributed by atoms with Gasteiger partial charge in [-0.05, 0) is 19.4 Å². The second kappa shape index (κ2) is 5.64. The number of carbonyl (C=O) groups excluding carboxylic acids is 1. The van der Waals surface area contributed by atoms with Crippen molar-refractivity contribution in [3.05, 3.63) is 35.2 Å². The fraction of sp³-hybridized carbons (Fsp3) is 0.385. The molecular formula is C13H18N2O3. The van der Waals surface area contributed by atoms with Gasteiger partial charge in [-0.15, -0.1) is 0 Å². The molecule has 0 saturated heterocycles. The Kier molecular flexibility index (Phi) is 4.44. The maximum Gasteiger partial charge on any atom is 0.248 e. The molecule has 0 unspecified atom stereocenters. The van der Waals surface area contributed by atoms with Crippen LogP contribution >= 0.6 is 0 Å². The minimum atomic E-state index is -0.292. The lowest BCUT2D eigenvalue weighted by molar-refractivity contribution is -0.126. The molecule has 2 N–H and O–H groups in total. The van der Waals surface area contributed by atoms with Crippen LogP contribution in [0.2, 0.25) is 0 Å². The van der Waals surface area contributed by atoms with Crippen molar-refractivity contribution in [3.63, 3.8) is 0 Å². The first kappa shape index (κ1) is 14.2. The van der Waals surface area contributed by atoms with Crippen LogP contribution in [0.1, 0.15) is 23.7 Å². The van der Waals surface area contributed by atoms with Crippen molar-refractivity contribution in [1.29, 1.82) is 0 Å². The molecule has 5 nitrogen and oxygen atoms in total. The van der Waals surface area contributed by atoms with E-state index in [0.717, 1.165) is 0 Å². The van der Waals surface area contributed by atoms with Gasteiger partial charge in [-0.25, -0.2) is 0 Å². The van der Waals surface area contributed by atoms with E-state index in [4.69, 9.17) is 0 Å². The summed E-state index contributed by atoms with van der Waals surface area (Å²) in [6, 6.07) is 0. The van der Waals surface area contributed by atoms with Crippen molar-refractivity contribution < 1.29 is 15.0 Å². The number of aromatic hydroxyl groups is 1. The Bertz CT molecular complexity index is 483. The molecule has 0 aliphatic heterocycles. The third kappa shape index (κ3) is 2.87. The van der Waals surface area contributed by atoms with Gasteiger partial charge in [0.2, 0.25) is 5.91 Å². The van der Waals surface area contributed by atoms with E-state index >= 15 is 0 Å². The summed E-state index contributed by atoms with van der Waals surface area (Å²) in [6.45, 7) is 6.85. The van der Waals surface area contributed by atoms with Crippen molar-refractivity contribution in [2.75, 3.05) is 7.05 Å². The standard InChI is InChI=1S/C13H18N2O3/c1-8(2)13(18)15(4)6-10-5-14-9(3)12(17)11(10)7-16/h5,16-17H,1,6-7H2,2-4H3. The summed E-state index contributed by atoms with van der Waals surface area (Å²) in [5.74, 6) is -0.204. The first-order valence-electron chi connectivity index (χ1n) is 5.56. The molecule has 0 aliphatic rings. The second-order valence-electron chi connectivity index (χ2n) is 4.30. The van der Waals surface area contributed by atoms with E-state index in [1.54, 1.807) is 27.1 Å². The summed E-state index contributed by atoms with van der Waals surface area (Å²) in [6.07, 6.45) is 1.56. The third-order valence-electron chi connectivity index (χ3n) is 2.71. The maximum absolute atomic E-state index is 11.7. The smallest absolute Gasteiger partial charge is 0.248 e. The molecule has 1 amide bonds. The van der Waals surface area contributed by atoms with Gasteiger partial charge in [0, 0.05) is 30.9 Å². The van der Waals surface area contributed by atoms with Crippen LogP contribution in [0.5, 0.6) is 5.75 Å². The van der Waals surface area contributed by atoms with Gasteiger partial charge >= 0.3 is 0 Å². The molecule has 1 rings (SSSR count). The largest absolute Gasteiger partial charge is 0.506 e. The Labute approximate surface area is 106 Å². The molecule has 0 spiro atoms. The van der Waals surface area contributed by atoms with Crippen LogP contribution < -0.4 is 0 Å². The Hall–Kier alpha value is -1.88. The molecule has 1 aromatic rings. The lowest BCUT2D eigenvalue weighted by Gasteiger charge is -2.19. The van der Waals surface area contributed by atoms with Crippen molar-refractivity contribution in [3.8, 4) is 5.75 Å². The fourth-order valence-corrected chi connectivity index (χ4v) is 1.65. The number of carbonyl (C=O) groups is 1. The van der Waals surface area contributed by atoms with Crippen molar-refractivity contribution in [2.24, 2.45) is 0 Å². The average Bonchev–Trinajstić information content (AvgIpc) is 2.33. The molecule has 5 heteroatoms. The van der Waals surface area contributed by atoms with E-state index in [2.05, 4.69) is 11.6 Å². The Morgan fingerprint density at radius 3 is 2.67 bits per heavy atom. The average molecular weight is 250 g/mol. The maximum atomic E-state index is 11.7. The Balaban J connectivity index is 3.01. The number of nitrogens with zero attached hydrogens (tertiary/aromatic N) is 2. The van der Waals surface area contributed by atoms with Crippen LogP contribution in [0.3, 0.4) is 0 Å². The van der Waals surface area contributed by atoms with E-state index in [0.29, 0.717) is 22.4 Å². The van der Waals surface area contributed by atoms with E-state index in [-0.39, 0.29) is 24.8 Å². The SMILES string of the molecule is C=C(C)C(=O)N(C)Cc1cnc(C)c(O)c1CO. The lowest BCUT2D eigenvalue weighted by Crippen LogP contribution is -2.27. The number of aromatic nitrogens is 1. The van der Waals surface area contributed by atoms with Gasteiger partial charge in [0.15, 0.2) is 0 Å². The van der Waals surface area contributed by atoms with Gasteiger partial charge in [0.05, 0.1) is 12.3 Å². The van der Waals surface area contributed by atoms with Crippen LogP contribution in [-0.4, -0.2) is 33.1 Å². The highest BCUT2D eigenvalue weighted by molar-refractivity contribution is 5.91. The number of aryl methyl sites for hydroxylation is 1. The predicted molar refractivity (Wildman–Crippen MR) is 67.8 cm³/mol. The first-order valence-corrected chi connectivity index (χ1v) is 5.56. The minimum Gasteiger partial charge on any atom is -0.506 e.